The van der Waals surface area contributed by atoms with Gasteiger partial charge in [-0.15, -0.1) is 0 Å². The first-order chi connectivity index (χ1) is 7.31. The number of rotatable bonds is 4. The molecular formula is C9H11F4N3. The number of hydrogen-bond acceptors (Lipinski definition) is 3. The van der Waals surface area contributed by atoms with E-state index in [1.807, 2.05) is 0 Å². The molecule has 0 radical (unpaired) electrons. The second-order valence-electron chi connectivity index (χ2n) is 3.39. The van der Waals surface area contributed by atoms with Crippen LogP contribution in [0, 0.1) is 13.8 Å². The maximum Gasteiger partial charge on any atom is 0.324 e. The normalized spacial score (nSPS) is 11.9. The largest absolute Gasteiger partial charge is 0.348 e. The van der Waals surface area contributed by atoms with Crippen molar-refractivity contribution in [2.75, 3.05) is 11.9 Å². The minimum atomic E-state index is -4.08. The quantitative estimate of drug-likeness (QED) is 0.817. The van der Waals surface area contributed by atoms with E-state index in [2.05, 4.69) is 15.3 Å². The van der Waals surface area contributed by atoms with Crippen molar-refractivity contribution < 1.29 is 17.6 Å². The minimum absolute atomic E-state index is 0.0715. The lowest BCUT2D eigenvalue weighted by Crippen LogP contribution is -2.35. The second-order valence-corrected chi connectivity index (χ2v) is 3.39. The molecule has 0 bridgehead atoms. The third kappa shape index (κ3) is 3.32. The molecule has 0 saturated heterocycles. The Bertz CT molecular complexity index is 348. The molecule has 0 spiro atoms. The van der Waals surface area contributed by atoms with Gasteiger partial charge in [0.05, 0.1) is 6.54 Å². The van der Waals surface area contributed by atoms with Gasteiger partial charge in [0.2, 0.25) is 5.95 Å². The Morgan fingerprint density at radius 3 is 2.19 bits per heavy atom. The third-order valence-corrected chi connectivity index (χ3v) is 1.78. The van der Waals surface area contributed by atoms with Crippen LogP contribution in [0.5, 0.6) is 0 Å². The maximum absolute atomic E-state index is 12.6. The predicted octanol–water partition coefficient (Wildman–Crippen LogP) is 2.41. The zero-order chi connectivity index (χ0) is 12.3. The number of nitrogens with one attached hydrogen (secondary N) is 1. The Labute approximate surface area is 89.9 Å². The van der Waals surface area contributed by atoms with E-state index in [1.54, 1.807) is 19.9 Å². The first kappa shape index (κ1) is 12.7. The lowest BCUT2D eigenvalue weighted by Gasteiger charge is -2.15. The van der Waals surface area contributed by atoms with Crippen LogP contribution in [-0.4, -0.2) is 28.9 Å². The van der Waals surface area contributed by atoms with Crippen molar-refractivity contribution in [1.82, 2.24) is 9.97 Å². The van der Waals surface area contributed by atoms with Crippen molar-refractivity contribution in [1.29, 1.82) is 0 Å². The second kappa shape index (κ2) is 4.63. The van der Waals surface area contributed by atoms with Gasteiger partial charge < -0.3 is 5.32 Å². The first-order valence-corrected chi connectivity index (χ1v) is 4.53. The Balaban J connectivity index is 2.68. The molecule has 0 fully saturated rings. The molecule has 1 aromatic rings. The van der Waals surface area contributed by atoms with E-state index in [1.165, 1.54) is 0 Å². The van der Waals surface area contributed by atoms with Crippen LogP contribution in [0.1, 0.15) is 11.4 Å². The number of alkyl halides is 4. The van der Waals surface area contributed by atoms with Crippen LogP contribution in [0.15, 0.2) is 6.07 Å². The molecular weight excluding hydrogens is 226 g/mol. The number of hydrogen-bond donors (Lipinski definition) is 1. The van der Waals surface area contributed by atoms with Crippen molar-refractivity contribution in [3.05, 3.63) is 17.5 Å². The molecule has 1 heterocycles. The van der Waals surface area contributed by atoms with Gasteiger partial charge >= 0.3 is 12.3 Å². The van der Waals surface area contributed by atoms with Gasteiger partial charge in [0.15, 0.2) is 0 Å². The maximum atomic E-state index is 12.6. The fraction of sp³-hybridized carbons (Fsp3) is 0.556. The first-order valence-electron chi connectivity index (χ1n) is 4.53. The summed E-state index contributed by atoms with van der Waals surface area (Å²) in [5, 5.41) is 2.10. The zero-order valence-electron chi connectivity index (χ0n) is 8.77. The number of nitrogens with zero attached hydrogens (tertiary/aromatic N) is 2. The van der Waals surface area contributed by atoms with Gasteiger partial charge in [-0.1, -0.05) is 0 Å². The minimum Gasteiger partial charge on any atom is -0.348 e. The summed E-state index contributed by atoms with van der Waals surface area (Å²) in [5.41, 5.74) is 1.16. The average Bonchev–Trinajstić information content (AvgIpc) is 2.13. The van der Waals surface area contributed by atoms with Gasteiger partial charge in [0.1, 0.15) is 0 Å². The third-order valence-electron chi connectivity index (χ3n) is 1.78. The van der Waals surface area contributed by atoms with Crippen molar-refractivity contribution >= 4 is 5.95 Å². The number of halogens is 4. The van der Waals surface area contributed by atoms with E-state index in [0.717, 1.165) is 0 Å². The van der Waals surface area contributed by atoms with Crippen LogP contribution in [0.25, 0.3) is 0 Å². The molecule has 0 aliphatic heterocycles. The van der Waals surface area contributed by atoms with Crippen molar-refractivity contribution in [3.8, 4) is 0 Å². The SMILES string of the molecule is Cc1cc(C)nc(NCC(F)(F)C(F)F)n1. The molecule has 1 N–H and O–H groups in total. The van der Waals surface area contributed by atoms with Crippen molar-refractivity contribution in [3.63, 3.8) is 0 Å². The van der Waals surface area contributed by atoms with Gasteiger partial charge in [-0.05, 0) is 19.9 Å². The standard InChI is InChI=1S/C9H11F4N3/c1-5-3-6(2)16-8(15-5)14-4-9(12,13)7(10)11/h3,7H,4H2,1-2H3,(H,14,15,16). The van der Waals surface area contributed by atoms with Crippen molar-refractivity contribution in [2.24, 2.45) is 0 Å². The summed E-state index contributed by atoms with van der Waals surface area (Å²) in [5.74, 6) is -4.15. The molecule has 3 nitrogen and oxygen atoms in total. The molecule has 0 unspecified atom stereocenters. The molecule has 90 valence electrons. The van der Waals surface area contributed by atoms with Crippen molar-refractivity contribution in [2.45, 2.75) is 26.2 Å². The number of aromatic nitrogens is 2. The monoisotopic (exact) mass is 237 g/mol. The highest BCUT2D eigenvalue weighted by molar-refractivity contribution is 5.28. The van der Waals surface area contributed by atoms with E-state index in [0.29, 0.717) is 11.4 Å². The summed E-state index contributed by atoms with van der Waals surface area (Å²) < 4.78 is 48.8. The highest BCUT2D eigenvalue weighted by atomic mass is 19.3. The van der Waals surface area contributed by atoms with E-state index in [9.17, 15) is 17.6 Å². The molecule has 0 aromatic carbocycles. The van der Waals surface area contributed by atoms with E-state index < -0.39 is 18.9 Å². The predicted molar refractivity (Wildman–Crippen MR) is 50.9 cm³/mol. The fourth-order valence-electron chi connectivity index (χ4n) is 1.08. The van der Waals surface area contributed by atoms with Crippen LogP contribution in [0.2, 0.25) is 0 Å². The summed E-state index contributed by atoms with van der Waals surface area (Å²) in [7, 11) is 0. The summed E-state index contributed by atoms with van der Waals surface area (Å²) in [6.07, 6.45) is -3.70. The molecule has 1 rings (SSSR count). The summed E-state index contributed by atoms with van der Waals surface area (Å²) in [6, 6.07) is 1.65. The topological polar surface area (TPSA) is 37.8 Å². The van der Waals surface area contributed by atoms with E-state index in [4.69, 9.17) is 0 Å². The number of anilines is 1. The van der Waals surface area contributed by atoms with Crippen LogP contribution in [-0.2, 0) is 0 Å². The van der Waals surface area contributed by atoms with Gasteiger partial charge in [0.25, 0.3) is 0 Å². The molecule has 7 heteroatoms. The average molecular weight is 237 g/mol. The highest BCUT2D eigenvalue weighted by Crippen LogP contribution is 2.22. The van der Waals surface area contributed by atoms with Crippen LogP contribution in [0.3, 0.4) is 0 Å². The van der Waals surface area contributed by atoms with Crippen LogP contribution in [0.4, 0.5) is 23.5 Å². The Hall–Kier alpha value is -1.40. The van der Waals surface area contributed by atoms with Gasteiger partial charge in [-0.3, -0.25) is 0 Å². The Kier molecular flexibility index (Phi) is 3.66. The van der Waals surface area contributed by atoms with E-state index in [-0.39, 0.29) is 5.95 Å². The van der Waals surface area contributed by atoms with E-state index >= 15 is 0 Å². The molecule has 0 atom stereocenters. The van der Waals surface area contributed by atoms with Gasteiger partial charge in [-0.25, -0.2) is 18.7 Å². The van der Waals surface area contributed by atoms with Gasteiger partial charge in [-0.2, -0.15) is 8.78 Å². The van der Waals surface area contributed by atoms with Crippen LogP contribution >= 0.6 is 0 Å². The lowest BCUT2D eigenvalue weighted by molar-refractivity contribution is -0.117. The van der Waals surface area contributed by atoms with Crippen LogP contribution < -0.4 is 5.32 Å². The lowest BCUT2D eigenvalue weighted by atomic mass is 10.3. The molecule has 0 saturated carbocycles. The molecule has 16 heavy (non-hydrogen) atoms. The fourth-order valence-corrected chi connectivity index (χ4v) is 1.08. The Morgan fingerprint density at radius 2 is 1.75 bits per heavy atom. The zero-order valence-corrected chi connectivity index (χ0v) is 8.77. The summed E-state index contributed by atoms with van der Waals surface area (Å²) >= 11 is 0. The smallest absolute Gasteiger partial charge is 0.324 e. The highest BCUT2D eigenvalue weighted by Gasteiger charge is 2.40. The Morgan fingerprint density at radius 1 is 1.25 bits per heavy atom. The van der Waals surface area contributed by atoms with Gasteiger partial charge in [0, 0.05) is 11.4 Å². The molecule has 0 amide bonds. The molecule has 1 aromatic heterocycles. The number of aryl methyl sites for hydroxylation is 2. The molecule has 0 aliphatic carbocycles. The summed E-state index contributed by atoms with van der Waals surface area (Å²) in [6.45, 7) is 2.13. The summed E-state index contributed by atoms with van der Waals surface area (Å²) in [4.78, 5) is 7.59. The molecule has 0 aliphatic rings.